The summed E-state index contributed by atoms with van der Waals surface area (Å²) in [6.07, 6.45) is 0. The molecule has 142 valence electrons. The molecular formula is C19H20N2O5S. The van der Waals surface area contributed by atoms with Gasteiger partial charge in [-0.1, -0.05) is 12.1 Å². The zero-order valence-electron chi connectivity index (χ0n) is 15.1. The van der Waals surface area contributed by atoms with Crippen molar-refractivity contribution < 1.29 is 23.9 Å². The molecule has 0 aliphatic carbocycles. The maximum absolute atomic E-state index is 12.8. The smallest absolute Gasteiger partial charge is 0.253 e. The van der Waals surface area contributed by atoms with Crippen LogP contribution in [0.15, 0.2) is 47.4 Å². The van der Waals surface area contributed by atoms with E-state index in [1.165, 1.54) is 21.1 Å². The zero-order chi connectivity index (χ0) is 20.0. The molecule has 0 spiro atoms. The van der Waals surface area contributed by atoms with E-state index in [0.29, 0.717) is 22.0 Å². The molecule has 0 aliphatic heterocycles. The van der Waals surface area contributed by atoms with Crippen molar-refractivity contribution in [3.8, 4) is 11.5 Å². The molecule has 2 amide bonds. The minimum atomic E-state index is -0.829. The van der Waals surface area contributed by atoms with E-state index in [4.69, 9.17) is 15.2 Å². The lowest BCUT2D eigenvalue weighted by Crippen LogP contribution is -2.42. The van der Waals surface area contributed by atoms with Gasteiger partial charge in [0, 0.05) is 4.90 Å². The van der Waals surface area contributed by atoms with E-state index < -0.39 is 17.9 Å². The number of rotatable bonds is 7. The van der Waals surface area contributed by atoms with Crippen molar-refractivity contribution in [3.63, 3.8) is 0 Å². The Morgan fingerprint density at radius 3 is 2.37 bits per heavy atom. The van der Waals surface area contributed by atoms with Crippen LogP contribution < -0.4 is 20.5 Å². The third-order valence-electron chi connectivity index (χ3n) is 3.74. The number of thioether (sulfide) groups is 1. The standard InChI is InChI=1S/C19H20N2O5S/c1-11(17(20)22)21-18(23)13-6-4-5-7-16(13)27-19(24)14-10-12(25-2)8-9-15(14)26-3/h4-11H,1-3H3,(H2,20,22)(H,21,23)/t11-/m0/s1. The molecule has 8 heteroatoms. The van der Waals surface area contributed by atoms with Gasteiger partial charge in [-0.05, 0) is 49.0 Å². The highest BCUT2D eigenvalue weighted by atomic mass is 32.2. The molecule has 27 heavy (non-hydrogen) atoms. The zero-order valence-corrected chi connectivity index (χ0v) is 16.0. The minimum absolute atomic E-state index is 0.269. The fraction of sp³-hybridized carbons (Fsp3) is 0.211. The van der Waals surface area contributed by atoms with Crippen LogP contribution in [0.25, 0.3) is 0 Å². The monoisotopic (exact) mass is 388 g/mol. The highest BCUT2D eigenvalue weighted by molar-refractivity contribution is 8.14. The molecule has 0 unspecified atom stereocenters. The third kappa shape index (κ3) is 5.01. The van der Waals surface area contributed by atoms with E-state index in [2.05, 4.69) is 5.32 Å². The second-order valence-corrected chi connectivity index (χ2v) is 6.56. The normalized spacial score (nSPS) is 11.4. The molecule has 2 aromatic carbocycles. The van der Waals surface area contributed by atoms with E-state index in [1.54, 1.807) is 42.5 Å². The minimum Gasteiger partial charge on any atom is -0.497 e. The summed E-state index contributed by atoms with van der Waals surface area (Å²) in [6.45, 7) is 1.49. The highest BCUT2D eigenvalue weighted by Gasteiger charge is 2.20. The molecule has 0 aliphatic rings. The number of primary amides is 1. The van der Waals surface area contributed by atoms with E-state index >= 15 is 0 Å². The lowest BCUT2D eigenvalue weighted by molar-refractivity contribution is -0.119. The van der Waals surface area contributed by atoms with E-state index in [0.717, 1.165) is 11.8 Å². The Balaban J connectivity index is 2.29. The maximum atomic E-state index is 12.8. The Bertz CT molecular complexity index is 869. The number of ether oxygens (including phenoxy) is 2. The van der Waals surface area contributed by atoms with Gasteiger partial charge in [0.2, 0.25) is 11.0 Å². The Morgan fingerprint density at radius 1 is 1.04 bits per heavy atom. The molecule has 0 radical (unpaired) electrons. The molecule has 2 aromatic rings. The molecule has 0 saturated carbocycles. The predicted molar refractivity (Wildman–Crippen MR) is 102 cm³/mol. The molecule has 0 saturated heterocycles. The third-order valence-corrected chi connectivity index (χ3v) is 4.72. The largest absolute Gasteiger partial charge is 0.497 e. The predicted octanol–water partition coefficient (Wildman–Crippen LogP) is 2.24. The van der Waals surface area contributed by atoms with Gasteiger partial charge in [-0.3, -0.25) is 14.4 Å². The SMILES string of the molecule is COc1ccc(OC)c(C(=O)Sc2ccccc2C(=O)N[C@@H](C)C(N)=O)c1. The summed E-state index contributed by atoms with van der Waals surface area (Å²) in [5.41, 5.74) is 5.77. The second-order valence-electron chi connectivity index (χ2n) is 5.55. The van der Waals surface area contributed by atoms with Gasteiger partial charge in [0.25, 0.3) is 5.91 Å². The van der Waals surface area contributed by atoms with Crippen LogP contribution in [-0.2, 0) is 4.79 Å². The number of hydrogen-bond acceptors (Lipinski definition) is 6. The van der Waals surface area contributed by atoms with Crippen LogP contribution in [0.3, 0.4) is 0 Å². The van der Waals surface area contributed by atoms with Crippen molar-refractivity contribution in [1.82, 2.24) is 5.32 Å². The van der Waals surface area contributed by atoms with Crippen LogP contribution in [0.1, 0.15) is 27.6 Å². The fourth-order valence-corrected chi connectivity index (χ4v) is 3.10. The van der Waals surface area contributed by atoms with Crippen molar-refractivity contribution in [2.24, 2.45) is 5.73 Å². The molecule has 0 aromatic heterocycles. The Kier molecular flexibility index (Phi) is 6.84. The molecule has 0 bridgehead atoms. The van der Waals surface area contributed by atoms with Crippen LogP contribution >= 0.6 is 11.8 Å². The van der Waals surface area contributed by atoms with Crippen molar-refractivity contribution in [2.45, 2.75) is 17.9 Å². The van der Waals surface area contributed by atoms with E-state index in [9.17, 15) is 14.4 Å². The van der Waals surface area contributed by atoms with Crippen molar-refractivity contribution in [3.05, 3.63) is 53.6 Å². The number of carbonyl (C=O) groups is 3. The van der Waals surface area contributed by atoms with Gasteiger partial charge in [-0.2, -0.15) is 0 Å². The lowest BCUT2D eigenvalue weighted by Gasteiger charge is -2.13. The maximum Gasteiger partial charge on any atom is 0.253 e. The van der Waals surface area contributed by atoms with Gasteiger partial charge in [0.1, 0.15) is 17.5 Å². The second kappa shape index (κ2) is 9.09. The summed E-state index contributed by atoms with van der Waals surface area (Å²) in [7, 11) is 2.97. The molecule has 0 heterocycles. The number of carbonyl (C=O) groups excluding carboxylic acids is 3. The van der Waals surface area contributed by atoms with Crippen LogP contribution in [0.4, 0.5) is 0 Å². The molecule has 1 atom stereocenters. The summed E-state index contributed by atoms with van der Waals surface area (Å²) in [6, 6.07) is 10.7. The van der Waals surface area contributed by atoms with Gasteiger partial charge in [-0.15, -0.1) is 0 Å². The Morgan fingerprint density at radius 2 is 1.74 bits per heavy atom. The first-order valence-electron chi connectivity index (χ1n) is 8.00. The van der Waals surface area contributed by atoms with Crippen LogP contribution in [0, 0.1) is 0 Å². The number of methoxy groups -OCH3 is 2. The van der Waals surface area contributed by atoms with Crippen molar-refractivity contribution >= 4 is 28.7 Å². The highest BCUT2D eigenvalue weighted by Crippen LogP contribution is 2.32. The average molecular weight is 388 g/mol. The lowest BCUT2D eigenvalue weighted by atomic mass is 10.2. The van der Waals surface area contributed by atoms with E-state index in [1.807, 2.05) is 0 Å². The van der Waals surface area contributed by atoms with Crippen LogP contribution in [-0.4, -0.2) is 37.2 Å². The first-order valence-corrected chi connectivity index (χ1v) is 8.82. The molecule has 0 fully saturated rings. The fourth-order valence-electron chi connectivity index (χ4n) is 2.22. The Hall–Kier alpha value is -3.00. The van der Waals surface area contributed by atoms with Crippen LogP contribution in [0.5, 0.6) is 11.5 Å². The molecule has 7 nitrogen and oxygen atoms in total. The number of nitrogens with two attached hydrogens (primary N) is 1. The van der Waals surface area contributed by atoms with Gasteiger partial charge < -0.3 is 20.5 Å². The first kappa shape index (κ1) is 20.3. The number of amides is 2. The van der Waals surface area contributed by atoms with Crippen molar-refractivity contribution in [2.75, 3.05) is 14.2 Å². The number of hydrogen-bond donors (Lipinski definition) is 2. The Labute approximate surface area is 161 Å². The van der Waals surface area contributed by atoms with Crippen molar-refractivity contribution in [1.29, 1.82) is 0 Å². The van der Waals surface area contributed by atoms with Gasteiger partial charge >= 0.3 is 0 Å². The molecular weight excluding hydrogens is 368 g/mol. The summed E-state index contributed by atoms with van der Waals surface area (Å²) in [4.78, 5) is 36.8. The summed E-state index contributed by atoms with van der Waals surface area (Å²) in [5.74, 6) is -0.223. The quantitative estimate of drug-likeness (QED) is 0.705. The van der Waals surface area contributed by atoms with E-state index in [-0.39, 0.29) is 10.7 Å². The van der Waals surface area contributed by atoms with Gasteiger partial charge in [0.15, 0.2) is 0 Å². The summed E-state index contributed by atoms with van der Waals surface area (Å²) in [5, 5.41) is 2.20. The van der Waals surface area contributed by atoms with Gasteiger partial charge in [0.05, 0.1) is 25.3 Å². The molecule has 3 N–H and O–H groups in total. The number of nitrogens with one attached hydrogen (secondary N) is 1. The van der Waals surface area contributed by atoms with Gasteiger partial charge in [-0.25, -0.2) is 0 Å². The summed E-state index contributed by atoms with van der Waals surface area (Å²) >= 11 is 0.884. The summed E-state index contributed by atoms with van der Waals surface area (Å²) < 4.78 is 10.4. The number of benzene rings is 2. The average Bonchev–Trinajstić information content (AvgIpc) is 2.67. The topological polar surface area (TPSA) is 108 Å². The molecule has 2 rings (SSSR count). The van der Waals surface area contributed by atoms with Crippen LogP contribution in [0.2, 0.25) is 0 Å². The first-order chi connectivity index (χ1) is 12.9.